The predicted molar refractivity (Wildman–Crippen MR) is 79.8 cm³/mol. The Labute approximate surface area is 123 Å². The minimum atomic E-state index is -0.139. The number of nitrogens with one attached hydrogen (secondary N) is 1. The molecule has 1 N–H and O–H groups in total. The number of benzene rings is 1. The smallest absolute Gasteiger partial charge is 0.251 e. The summed E-state index contributed by atoms with van der Waals surface area (Å²) < 4.78 is 10.3. The Morgan fingerprint density at radius 3 is 2.67 bits per heavy atom. The second-order valence-electron chi connectivity index (χ2n) is 4.44. The molecule has 0 bridgehead atoms. The molecule has 1 heterocycles. The maximum absolute atomic E-state index is 12.1. The molecule has 0 aliphatic rings. The third-order valence-corrected chi connectivity index (χ3v) is 3.07. The van der Waals surface area contributed by atoms with E-state index in [1.54, 1.807) is 44.8 Å². The van der Waals surface area contributed by atoms with Crippen molar-refractivity contribution in [3.05, 3.63) is 53.9 Å². The predicted octanol–water partition coefficient (Wildman–Crippen LogP) is 2.07. The lowest BCUT2D eigenvalue weighted by Gasteiger charge is -2.10. The van der Waals surface area contributed by atoms with E-state index in [1.807, 2.05) is 12.1 Å². The van der Waals surface area contributed by atoms with Crippen molar-refractivity contribution in [3.8, 4) is 11.5 Å². The molecular weight excluding hydrogens is 268 g/mol. The highest BCUT2D eigenvalue weighted by Gasteiger charge is 2.10. The standard InChI is InChI=1S/C16H18N2O3/c1-20-14-6-5-13(10-15(14)21-2)16(19)18-9-7-12-4-3-8-17-11-12/h3-6,8,10-11H,7,9H2,1-2H3,(H,18,19). The van der Waals surface area contributed by atoms with E-state index in [2.05, 4.69) is 10.3 Å². The molecule has 5 heteroatoms. The van der Waals surface area contributed by atoms with Gasteiger partial charge in [-0.1, -0.05) is 6.07 Å². The maximum Gasteiger partial charge on any atom is 0.251 e. The zero-order valence-electron chi connectivity index (χ0n) is 12.1. The number of ether oxygens (including phenoxy) is 2. The molecule has 5 nitrogen and oxygen atoms in total. The molecule has 0 aliphatic heterocycles. The van der Waals surface area contributed by atoms with E-state index in [9.17, 15) is 4.79 Å². The Morgan fingerprint density at radius 1 is 1.19 bits per heavy atom. The SMILES string of the molecule is COc1ccc(C(=O)NCCc2cccnc2)cc1OC. The van der Waals surface area contributed by atoms with E-state index in [0.717, 1.165) is 12.0 Å². The fourth-order valence-electron chi connectivity index (χ4n) is 1.95. The van der Waals surface area contributed by atoms with E-state index in [0.29, 0.717) is 23.6 Å². The van der Waals surface area contributed by atoms with Crippen LogP contribution < -0.4 is 14.8 Å². The molecule has 0 saturated heterocycles. The first-order valence-corrected chi connectivity index (χ1v) is 6.63. The number of pyridine rings is 1. The summed E-state index contributed by atoms with van der Waals surface area (Å²) in [6, 6.07) is 8.95. The van der Waals surface area contributed by atoms with Gasteiger partial charge in [-0.3, -0.25) is 9.78 Å². The summed E-state index contributed by atoms with van der Waals surface area (Å²) in [7, 11) is 3.10. The number of amides is 1. The van der Waals surface area contributed by atoms with Gasteiger partial charge in [-0.05, 0) is 36.2 Å². The Kier molecular flexibility index (Phi) is 5.15. The lowest BCUT2D eigenvalue weighted by molar-refractivity contribution is 0.0953. The Morgan fingerprint density at radius 2 is 2.00 bits per heavy atom. The van der Waals surface area contributed by atoms with Crippen molar-refractivity contribution in [2.45, 2.75) is 6.42 Å². The van der Waals surface area contributed by atoms with Gasteiger partial charge in [0.1, 0.15) is 0 Å². The average molecular weight is 286 g/mol. The van der Waals surface area contributed by atoms with Gasteiger partial charge < -0.3 is 14.8 Å². The number of hydrogen-bond donors (Lipinski definition) is 1. The highest BCUT2D eigenvalue weighted by atomic mass is 16.5. The molecule has 0 radical (unpaired) electrons. The molecule has 2 aromatic rings. The second-order valence-corrected chi connectivity index (χ2v) is 4.44. The molecule has 2 rings (SSSR count). The zero-order valence-corrected chi connectivity index (χ0v) is 12.1. The van der Waals surface area contributed by atoms with Gasteiger partial charge in [0, 0.05) is 24.5 Å². The van der Waals surface area contributed by atoms with Crippen molar-refractivity contribution in [1.82, 2.24) is 10.3 Å². The van der Waals surface area contributed by atoms with Gasteiger partial charge in [0.15, 0.2) is 11.5 Å². The molecular formula is C16H18N2O3. The molecule has 21 heavy (non-hydrogen) atoms. The minimum absolute atomic E-state index is 0.139. The molecule has 0 fully saturated rings. The van der Waals surface area contributed by atoms with E-state index in [1.165, 1.54) is 0 Å². The van der Waals surface area contributed by atoms with Gasteiger partial charge in [0.2, 0.25) is 0 Å². The molecule has 0 unspecified atom stereocenters. The molecule has 1 amide bonds. The maximum atomic E-state index is 12.1. The van der Waals surface area contributed by atoms with Crippen LogP contribution in [0.15, 0.2) is 42.7 Å². The quantitative estimate of drug-likeness (QED) is 0.883. The van der Waals surface area contributed by atoms with Crippen molar-refractivity contribution < 1.29 is 14.3 Å². The Balaban J connectivity index is 1.94. The van der Waals surface area contributed by atoms with E-state index in [4.69, 9.17) is 9.47 Å². The normalized spacial score (nSPS) is 10.0. The van der Waals surface area contributed by atoms with Crippen molar-refractivity contribution >= 4 is 5.91 Å². The number of rotatable bonds is 6. The first kappa shape index (κ1) is 14.8. The van der Waals surface area contributed by atoms with Crippen LogP contribution in [-0.2, 0) is 6.42 Å². The zero-order chi connectivity index (χ0) is 15.1. The number of aromatic nitrogens is 1. The largest absolute Gasteiger partial charge is 0.493 e. The molecule has 110 valence electrons. The van der Waals surface area contributed by atoms with Crippen molar-refractivity contribution in [2.24, 2.45) is 0 Å². The van der Waals surface area contributed by atoms with Crippen LogP contribution in [0.5, 0.6) is 11.5 Å². The Hall–Kier alpha value is -2.56. The highest BCUT2D eigenvalue weighted by Crippen LogP contribution is 2.27. The summed E-state index contributed by atoms with van der Waals surface area (Å²) in [6.45, 7) is 0.554. The van der Waals surface area contributed by atoms with Gasteiger partial charge in [0.25, 0.3) is 5.91 Å². The third-order valence-electron chi connectivity index (χ3n) is 3.07. The second kappa shape index (κ2) is 7.28. The molecule has 0 saturated carbocycles. The fraction of sp³-hybridized carbons (Fsp3) is 0.250. The fourth-order valence-corrected chi connectivity index (χ4v) is 1.95. The van der Waals surface area contributed by atoms with Crippen LogP contribution in [0.2, 0.25) is 0 Å². The summed E-state index contributed by atoms with van der Waals surface area (Å²) >= 11 is 0. The lowest BCUT2D eigenvalue weighted by atomic mass is 10.1. The van der Waals surface area contributed by atoms with Gasteiger partial charge in [-0.15, -0.1) is 0 Å². The van der Waals surface area contributed by atoms with E-state index < -0.39 is 0 Å². The molecule has 1 aromatic carbocycles. The molecule has 0 atom stereocenters. The van der Waals surface area contributed by atoms with Crippen LogP contribution in [0.25, 0.3) is 0 Å². The number of nitrogens with zero attached hydrogens (tertiary/aromatic N) is 1. The van der Waals surface area contributed by atoms with E-state index >= 15 is 0 Å². The number of hydrogen-bond acceptors (Lipinski definition) is 4. The monoisotopic (exact) mass is 286 g/mol. The number of carbonyl (C=O) groups excluding carboxylic acids is 1. The number of carbonyl (C=O) groups is 1. The summed E-state index contributed by atoms with van der Waals surface area (Å²) in [6.07, 6.45) is 4.27. The van der Waals surface area contributed by atoms with Crippen LogP contribution in [0.4, 0.5) is 0 Å². The molecule has 0 spiro atoms. The third kappa shape index (κ3) is 3.95. The van der Waals surface area contributed by atoms with Gasteiger partial charge in [-0.25, -0.2) is 0 Å². The number of methoxy groups -OCH3 is 2. The lowest BCUT2D eigenvalue weighted by Crippen LogP contribution is -2.25. The summed E-state index contributed by atoms with van der Waals surface area (Å²) in [5.41, 5.74) is 1.63. The van der Waals surface area contributed by atoms with Crippen molar-refractivity contribution in [1.29, 1.82) is 0 Å². The molecule has 0 aliphatic carbocycles. The highest BCUT2D eigenvalue weighted by molar-refractivity contribution is 5.94. The van der Waals surface area contributed by atoms with E-state index in [-0.39, 0.29) is 5.91 Å². The van der Waals surface area contributed by atoms with Crippen molar-refractivity contribution in [2.75, 3.05) is 20.8 Å². The van der Waals surface area contributed by atoms with Crippen molar-refractivity contribution in [3.63, 3.8) is 0 Å². The molecule has 1 aromatic heterocycles. The van der Waals surface area contributed by atoms with Crippen LogP contribution in [0.3, 0.4) is 0 Å². The van der Waals surface area contributed by atoms with Crippen LogP contribution in [0.1, 0.15) is 15.9 Å². The summed E-state index contributed by atoms with van der Waals surface area (Å²) in [5, 5.41) is 2.87. The average Bonchev–Trinajstić information content (AvgIpc) is 2.55. The summed E-state index contributed by atoms with van der Waals surface area (Å²) in [5.74, 6) is 1.00. The minimum Gasteiger partial charge on any atom is -0.493 e. The van der Waals surface area contributed by atoms with Gasteiger partial charge in [0.05, 0.1) is 14.2 Å². The summed E-state index contributed by atoms with van der Waals surface area (Å²) in [4.78, 5) is 16.1. The topological polar surface area (TPSA) is 60.5 Å². The first-order valence-electron chi connectivity index (χ1n) is 6.63. The van der Waals surface area contributed by atoms with Crippen LogP contribution in [-0.4, -0.2) is 31.7 Å². The van der Waals surface area contributed by atoms with Gasteiger partial charge >= 0.3 is 0 Å². The van der Waals surface area contributed by atoms with Gasteiger partial charge in [-0.2, -0.15) is 0 Å². The first-order chi connectivity index (χ1) is 10.2. The van der Waals surface area contributed by atoms with Crippen LogP contribution >= 0.6 is 0 Å². The van der Waals surface area contributed by atoms with Crippen LogP contribution in [0, 0.1) is 0 Å². The Bertz CT molecular complexity index is 600.